The summed E-state index contributed by atoms with van der Waals surface area (Å²) >= 11 is 7.76. The van der Waals surface area contributed by atoms with Crippen LogP contribution in [0.15, 0.2) is 66.3 Å². The molecule has 38 heavy (non-hydrogen) atoms. The Kier molecular flexibility index (Phi) is 8.18. The van der Waals surface area contributed by atoms with Crippen LogP contribution in [0.25, 0.3) is 0 Å². The number of halogens is 1. The van der Waals surface area contributed by atoms with Crippen LogP contribution >= 0.6 is 22.9 Å². The number of pyridine rings is 1. The molecule has 2 fully saturated rings. The van der Waals surface area contributed by atoms with Crippen LogP contribution in [0.4, 0.5) is 0 Å². The van der Waals surface area contributed by atoms with Gasteiger partial charge in [-0.05, 0) is 35.2 Å². The Hall–Kier alpha value is -3.11. The maximum absolute atomic E-state index is 14.4. The molecule has 2 amide bonds. The minimum Gasteiger partial charge on any atom is -0.375 e. The van der Waals surface area contributed by atoms with Crippen LogP contribution in [0.1, 0.15) is 32.8 Å². The number of Topliss-reactive ketones (excluding diaryl/α,β-unsaturated/α-hetero) is 1. The molecule has 2 saturated heterocycles. The molecule has 0 saturated carbocycles. The molecule has 4 heterocycles. The second-order valence-corrected chi connectivity index (χ2v) is 10.8. The van der Waals surface area contributed by atoms with Crippen molar-refractivity contribution in [2.75, 3.05) is 39.9 Å². The van der Waals surface area contributed by atoms with Gasteiger partial charge >= 0.3 is 0 Å². The van der Waals surface area contributed by atoms with Crippen molar-refractivity contribution in [1.29, 1.82) is 0 Å². The van der Waals surface area contributed by atoms with Crippen molar-refractivity contribution in [3.8, 4) is 0 Å². The number of ether oxygens (including phenoxy) is 1. The lowest BCUT2D eigenvalue weighted by molar-refractivity contribution is -0.148. The van der Waals surface area contributed by atoms with E-state index < -0.39 is 23.9 Å². The highest BCUT2D eigenvalue weighted by atomic mass is 35.5. The molecule has 4 unspecified atom stereocenters. The summed E-state index contributed by atoms with van der Waals surface area (Å²) in [7, 11) is 1.45. The Balaban J connectivity index is 1.72. The number of carbonyl (C=O) groups is 3. The van der Waals surface area contributed by atoms with Crippen molar-refractivity contribution in [2.45, 2.75) is 18.0 Å². The fourth-order valence-electron chi connectivity index (χ4n) is 5.64. The second kappa shape index (κ2) is 11.7. The average molecular weight is 553 g/mol. The van der Waals surface area contributed by atoms with Gasteiger partial charge in [0.1, 0.15) is 12.6 Å². The third-order valence-electron chi connectivity index (χ3n) is 7.21. The van der Waals surface area contributed by atoms with Gasteiger partial charge in [0.15, 0.2) is 5.78 Å². The second-order valence-electron chi connectivity index (χ2n) is 9.43. The fourth-order valence-corrected chi connectivity index (χ4v) is 6.73. The number of benzene rings is 1. The lowest BCUT2D eigenvalue weighted by Crippen LogP contribution is -2.55. The van der Waals surface area contributed by atoms with Crippen molar-refractivity contribution in [1.82, 2.24) is 20.1 Å². The number of piperazine rings is 1. The number of hydrogen-bond acceptors (Lipinski definition) is 7. The predicted molar refractivity (Wildman–Crippen MR) is 145 cm³/mol. The number of hydrogen-bond donors (Lipinski definition) is 1. The number of thiophene rings is 1. The lowest BCUT2D eigenvalue weighted by Gasteiger charge is -2.36. The monoisotopic (exact) mass is 552 g/mol. The summed E-state index contributed by atoms with van der Waals surface area (Å²) in [4.78, 5) is 51.0. The molecule has 0 aliphatic carbocycles. The molecule has 3 aromatic rings. The molecule has 5 rings (SSSR count). The van der Waals surface area contributed by atoms with Crippen LogP contribution in [-0.4, -0.2) is 78.3 Å². The van der Waals surface area contributed by atoms with E-state index in [4.69, 9.17) is 16.3 Å². The minimum absolute atomic E-state index is 0.162. The Morgan fingerprint density at radius 2 is 1.95 bits per heavy atom. The van der Waals surface area contributed by atoms with Gasteiger partial charge < -0.3 is 19.9 Å². The minimum atomic E-state index is -0.882. The van der Waals surface area contributed by atoms with E-state index >= 15 is 0 Å². The molecule has 2 aliphatic rings. The summed E-state index contributed by atoms with van der Waals surface area (Å²) in [6, 6.07) is 12.7. The first-order chi connectivity index (χ1) is 18.5. The third kappa shape index (κ3) is 5.11. The van der Waals surface area contributed by atoms with Crippen molar-refractivity contribution in [2.24, 2.45) is 5.92 Å². The molecule has 1 N–H and O–H groups in total. The molecule has 1 aromatic carbocycles. The maximum atomic E-state index is 14.4. The molecule has 0 spiro atoms. The summed E-state index contributed by atoms with van der Waals surface area (Å²) in [5.41, 5.74) is 1.13. The van der Waals surface area contributed by atoms with Gasteiger partial charge in [-0.2, -0.15) is 0 Å². The molecule has 4 atom stereocenters. The van der Waals surface area contributed by atoms with Gasteiger partial charge in [0, 0.05) is 67.1 Å². The van der Waals surface area contributed by atoms with Crippen molar-refractivity contribution >= 4 is 40.5 Å². The summed E-state index contributed by atoms with van der Waals surface area (Å²) < 4.78 is 5.25. The number of carbonyl (C=O) groups excluding carboxylic acids is 3. The van der Waals surface area contributed by atoms with Gasteiger partial charge in [-0.1, -0.05) is 35.9 Å². The molecule has 2 aliphatic heterocycles. The van der Waals surface area contributed by atoms with Crippen LogP contribution in [-0.2, 0) is 14.3 Å². The number of aromatic nitrogens is 1. The first kappa shape index (κ1) is 26.5. The Morgan fingerprint density at radius 1 is 1.13 bits per heavy atom. The van der Waals surface area contributed by atoms with E-state index in [1.807, 2.05) is 23.6 Å². The molecule has 0 bridgehead atoms. The van der Waals surface area contributed by atoms with Gasteiger partial charge in [-0.15, -0.1) is 11.3 Å². The largest absolute Gasteiger partial charge is 0.375 e. The van der Waals surface area contributed by atoms with Gasteiger partial charge in [-0.3, -0.25) is 19.4 Å². The quantitative estimate of drug-likeness (QED) is 0.452. The molecule has 10 heteroatoms. The van der Waals surface area contributed by atoms with Crippen LogP contribution in [0.2, 0.25) is 5.02 Å². The number of nitrogens with one attached hydrogen (secondary N) is 1. The zero-order chi connectivity index (χ0) is 26.6. The highest BCUT2D eigenvalue weighted by Crippen LogP contribution is 2.52. The first-order valence-electron chi connectivity index (χ1n) is 12.5. The smallest absolute Gasteiger partial charge is 0.249 e. The standard InChI is InChI=1S/C28H29ClN4O4S/c1-37-17-22(34)33-25(19-6-3-9-31-16-19)24(27(35)18-5-2-7-20(29)15-18)23(21-8-4-14-38-21)26(33)28(36)32-12-10-30-11-13-32/h2-9,14-16,23-26,30H,10-13,17H2,1H3. The molecule has 0 radical (unpaired) electrons. The third-order valence-corrected chi connectivity index (χ3v) is 8.42. The topological polar surface area (TPSA) is 91.8 Å². The van der Waals surface area contributed by atoms with Gasteiger partial charge in [0.05, 0.1) is 12.0 Å². The number of rotatable bonds is 7. The Bertz CT molecular complexity index is 1280. The predicted octanol–water partition coefficient (Wildman–Crippen LogP) is 3.41. The van der Waals surface area contributed by atoms with Gasteiger partial charge in [-0.25, -0.2) is 0 Å². The number of amides is 2. The molecule has 8 nitrogen and oxygen atoms in total. The van der Waals surface area contributed by atoms with E-state index in [9.17, 15) is 14.4 Å². The van der Waals surface area contributed by atoms with Gasteiger partial charge in [0.2, 0.25) is 11.8 Å². The van der Waals surface area contributed by atoms with Crippen LogP contribution < -0.4 is 5.32 Å². The lowest BCUT2D eigenvalue weighted by atomic mass is 9.78. The van der Waals surface area contributed by atoms with E-state index in [1.54, 1.807) is 52.5 Å². The number of methoxy groups -OCH3 is 1. The Morgan fingerprint density at radius 3 is 2.61 bits per heavy atom. The van der Waals surface area contributed by atoms with Gasteiger partial charge in [0.25, 0.3) is 0 Å². The van der Waals surface area contributed by atoms with Crippen LogP contribution in [0.5, 0.6) is 0 Å². The average Bonchev–Trinajstić information content (AvgIpc) is 3.60. The zero-order valence-electron chi connectivity index (χ0n) is 21.0. The summed E-state index contributed by atoms with van der Waals surface area (Å²) in [6.45, 7) is 2.19. The molecular weight excluding hydrogens is 524 g/mol. The Labute approximate surface area is 230 Å². The molecule has 198 valence electrons. The van der Waals surface area contributed by atoms with Crippen molar-refractivity contribution < 1.29 is 19.1 Å². The summed E-state index contributed by atoms with van der Waals surface area (Å²) in [5, 5.41) is 5.65. The number of likely N-dealkylation sites (tertiary alicyclic amines) is 1. The van der Waals surface area contributed by atoms with E-state index in [1.165, 1.54) is 18.4 Å². The van der Waals surface area contributed by atoms with E-state index in [0.717, 1.165) is 4.88 Å². The molecular formula is C28H29ClN4O4S. The van der Waals surface area contributed by atoms with E-state index in [0.29, 0.717) is 42.3 Å². The zero-order valence-corrected chi connectivity index (χ0v) is 22.5. The number of nitrogens with zero attached hydrogens (tertiary/aromatic N) is 3. The first-order valence-corrected chi connectivity index (χ1v) is 13.8. The maximum Gasteiger partial charge on any atom is 0.249 e. The summed E-state index contributed by atoms with van der Waals surface area (Å²) in [6.07, 6.45) is 3.31. The van der Waals surface area contributed by atoms with Crippen LogP contribution in [0, 0.1) is 5.92 Å². The van der Waals surface area contributed by atoms with Crippen molar-refractivity contribution in [3.63, 3.8) is 0 Å². The highest BCUT2D eigenvalue weighted by Gasteiger charge is 2.58. The number of ketones is 1. The van der Waals surface area contributed by atoms with E-state index in [2.05, 4.69) is 10.3 Å². The SMILES string of the molecule is COCC(=O)N1C(C(=O)N2CCNCC2)C(c2cccs2)C(C(=O)c2cccc(Cl)c2)C1c1cccnc1. The molecule has 2 aromatic heterocycles. The summed E-state index contributed by atoms with van der Waals surface area (Å²) in [5.74, 6) is -1.99. The fraction of sp³-hybridized carbons (Fsp3) is 0.357. The normalized spacial score (nSPS) is 23.4. The highest BCUT2D eigenvalue weighted by molar-refractivity contribution is 7.10. The van der Waals surface area contributed by atoms with Crippen LogP contribution in [0.3, 0.4) is 0 Å². The van der Waals surface area contributed by atoms with E-state index in [-0.39, 0.29) is 24.2 Å². The van der Waals surface area contributed by atoms with Crippen molar-refractivity contribution in [3.05, 3.63) is 87.3 Å².